The predicted molar refractivity (Wildman–Crippen MR) is 157 cm³/mol. The first-order chi connectivity index (χ1) is 12.3. The first-order valence-electron chi connectivity index (χ1n) is 9.59. The molecule has 0 aromatic carbocycles. The van der Waals surface area contributed by atoms with Crippen molar-refractivity contribution in [3.8, 4) is 0 Å². The van der Waals surface area contributed by atoms with E-state index in [4.69, 9.17) is 18.1 Å². The second-order valence-corrected chi connectivity index (χ2v) is 61.3. The quantitative estimate of drug-likeness (QED) is 0.137. The maximum absolute atomic E-state index is 6.70. The normalized spacial score (nSPS) is 16.4. The van der Waals surface area contributed by atoms with Crippen LogP contribution in [-0.2, 0) is 17.3 Å². The van der Waals surface area contributed by atoms with Crippen molar-refractivity contribution in [2.75, 3.05) is 19.6 Å². The van der Waals surface area contributed by atoms with Gasteiger partial charge in [-0.3, -0.25) is 0 Å². The summed E-state index contributed by atoms with van der Waals surface area (Å²) in [7, 11) is -7.80. The molecule has 13 heteroatoms. The molecular weight excluding hydrogens is 800 g/mol. The Bertz CT molecular complexity index is 428. The van der Waals surface area contributed by atoms with Gasteiger partial charge in [0.25, 0.3) is 0 Å². The summed E-state index contributed by atoms with van der Waals surface area (Å²) >= 11 is 7.39. The van der Waals surface area contributed by atoms with E-state index in [0.29, 0.717) is 12.5 Å². The van der Waals surface area contributed by atoms with Crippen LogP contribution in [0.25, 0.3) is 0 Å². The number of nitrogens with two attached hydrogens (primary N) is 1. The molecule has 0 aromatic rings. The molecule has 0 aliphatic heterocycles. The van der Waals surface area contributed by atoms with Crippen molar-refractivity contribution in [2.24, 2.45) is 11.7 Å². The molecule has 0 aliphatic carbocycles. The van der Waals surface area contributed by atoms with Gasteiger partial charge < -0.3 is 23.4 Å². The number of rotatable bonds is 12. The molecule has 2 unspecified atom stereocenters. The maximum atomic E-state index is 6.70. The van der Waals surface area contributed by atoms with E-state index in [9.17, 15) is 0 Å². The molecular formula is C15H42I3N2O3Si4V. The predicted octanol–water partition coefficient (Wildman–Crippen LogP) is 6.32. The third kappa shape index (κ3) is 24.1. The Morgan fingerprint density at radius 2 is 1.29 bits per heavy atom. The molecule has 28 heavy (non-hydrogen) atoms. The van der Waals surface area contributed by atoms with Gasteiger partial charge in [-0.2, -0.15) is 0 Å². The van der Waals surface area contributed by atoms with E-state index in [0.717, 1.165) is 19.1 Å². The van der Waals surface area contributed by atoms with E-state index in [1.807, 2.05) is 0 Å². The molecule has 3 N–H and O–H groups in total. The van der Waals surface area contributed by atoms with Gasteiger partial charge in [-0.15, -0.1) is 0 Å². The zero-order chi connectivity index (χ0) is 22.8. The molecule has 0 aromatic heterocycles. The summed E-state index contributed by atoms with van der Waals surface area (Å²) in [6, 6.07) is 0.986. The summed E-state index contributed by atoms with van der Waals surface area (Å²) < 4.78 is 19.7. The van der Waals surface area contributed by atoms with Gasteiger partial charge in [0.15, 0.2) is 16.6 Å². The molecule has 0 radical (unpaired) electrons. The van der Waals surface area contributed by atoms with Gasteiger partial charge >= 0.3 is 82.0 Å². The summed E-state index contributed by atoms with van der Waals surface area (Å²) in [5.74, 6) is 0.501. The SMILES string of the molecule is CC(CNCCN)C[Si](C)(O[Si](C)(C)C)O[Si](C)(C)O[Si](C)(C)C.[I][V]([I])[I]. The Hall–Kier alpha value is 3.44. The summed E-state index contributed by atoms with van der Waals surface area (Å²) in [4.78, 5) is -0.278. The van der Waals surface area contributed by atoms with Crippen LogP contribution >= 0.6 is 59.9 Å². The van der Waals surface area contributed by atoms with Gasteiger partial charge in [-0.1, -0.05) is 6.92 Å². The summed E-state index contributed by atoms with van der Waals surface area (Å²) in [6.07, 6.45) is 0. The van der Waals surface area contributed by atoms with Crippen LogP contribution in [0.4, 0.5) is 0 Å². The zero-order valence-electron chi connectivity index (χ0n) is 19.3. The number of nitrogens with one attached hydrogen (secondary N) is 1. The number of halogens is 3. The average Bonchev–Trinajstić information content (AvgIpc) is 2.30. The van der Waals surface area contributed by atoms with Crippen LogP contribution in [0.2, 0.25) is 65.0 Å². The second-order valence-electron chi connectivity index (χ2n) is 9.56. The van der Waals surface area contributed by atoms with Crippen molar-refractivity contribution >= 4 is 93.7 Å². The van der Waals surface area contributed by atoms with Crippen molar-refractivity contribution in [3.05, 3.63) is 0 Å². The Balaban J connectivity index is 0. The monoisotopic (exact) mass is 842 g/mol. The van der Waals surface area contributed by atoms with E-state index >= 15 is 0 Å². The van der Waals surface area contributed by atoms with Gasteiger partial charge in [0.05, 0.1) is 0 Å². The van der Waals surface area contributed by atoms with Gasteiger partial charge in [-0.25, -0.2) is 0 Å². The standard InChI is InChI=1S/C15H42N2O3Si4.3HI.V/c1-15(13-17-12-11-16)14-24(10,19-22(5,6)7)20-23(8,9)18-21(2,3)4;;;;/h15,17H,11-14,16H2,1-10H3;3*1H;/q;;;;+3/p-3. The van der Waals surface area contributed by atoms with Crippen LogP contribution in [0.1, 0.15) is 6.92 Å². The average molecular weight is 843 g/mol. The van der Waals surface area contributed by atoms with E-state index in [2.05, 4.69) is 131 Å². The molecule has 0 fully saturated rings. The first kappa shape index (κ1) is 33.6. The zero-order valence-corrected chi connectivity index (χ0v) is 31.2. The molecule has 0 aliphatic rings. The van der Waals surface area contributed by atoms with Crippen LogP contribution in [0.5, 0.6) is 0 Å². The number of hydrogen-bond acceptors (Lipinski definition) is 5. The van der Waals surface area contributed by atoms with Crippen molar-refractivity contribution in [2.45, 2.75) is 71.9 Å². The third-order valence-electron chi connectivity index (χ3n) is 3.07. The fraction of sp³-hybridized carbons (Fsp3) is 1.00. The summed E-state index contributed by atoms with van der Waals surface area (Å²) in [5.41, 5.74) is 5.56. The molecule has 172 valence electrons. The van der Waals surface area contributed by atoms with Crippen LogP contribution < -0.4 is 11.1 Å². The van der Waals surface area contributed by atoms with Gasteiger partial charge in [-0.05, 0) is 77.4 Å². The molecule has 5 nitrogen and oxygen atoms in total. The fourth-order valence-corrected chi connectivity index (χ4v) is 21.6. The van der Waals surface area contributed by atoms with Gasteiger partial charge in [0, 0.05) is 13.1 Å². The van der Waals surface area contributed by atoms with Gasteiger partial charge in [0.1, 0.15) is 0 Å². The Kier molecular flexibility index (Phi) is 18.4. The molecule has 0 saturated carbocycles. The summed E-state index contributed by atoms with van der Waals surface area (Å²) in [5, 5.41) is 3.41. The summed E-state index contributed by atoms with van der Waals surface area (Å²) in [6.45, 7) is 24.7. The Labute approximate surface area is 216 Å². The molecule has 0 heterocycles. The van der Waals surface area contributed by atoms with Crippen molar-refractivity contribution in [1.29, 1.82) is 0 Å². The van der Waals surface area contributed by atoms with Crippen LogP contribution in [0, 0.1) is 5.92 Å². The third-order valence-corrected chi connectivity index (χ3v) is 16.8. The molecule has 2 atom stereocenters. The molecule has 0 bridgehead atoms. The van der Waals surface area contributed by atoms with Crippen LogP contribution in [0.3, 0.4) is 0 Å². The Morgan fingerprint density at radius 3 is 1.64 bits per heavy atom. The van der Waals surface area contributed by atoms with Crippen molar-refractivity contribution < 1.29 is 17.3 Å². The Morgan fingerprint density at radius 1 is 0.857 bits per heavy atom. The number of hydrogen-bond donors (Lipinski definition) is 2. The second kappa shape index (κ2) is 15.4. The van der Waals surface area contributed by atoms with E-state index in [-0.39, 0.29) is 4.92 Å². The minimum absolute atomic E-state index is 0.278. The molecule has 0 saturated heterocycles. The van der Waals surface area contributed by atoms with Crippen LogP contribution in [-0.4, -0.2) is 53.4 Å². The van der Waals surface area contributed by atoms with Crippen molar-refractivity contribution in [3.63, 3.8) is 0 Å². The minimum atomic E-state index is -2.29. The van der Waals surface area contributed by atoms with E-state index in [1.54, 1.807) is 0 Å². The van der Waals surface area contributed by atoms with Crippen molar-refractivity contribution in [1.82, 2.24) is 5.32 Å². The molecule has 0 rings (SSSR count). The van der Waals surface area contributed by atoms with E-state index in [1.165, 1.54) is 0 Å². The molecule has 0 amide bonds. The van der Waals surface area contributed by atoms with E-state index < -0.39 is 33.8 Å². The molecule has 0 spiro atoms. The van der Waals surface area contributed by atoms with Gasteiger partial charge in [0.2, 0.25) is 0 Å². The first-order valence-corrected chi connectivity index (χ1v) is 35.3. The van der Waals surface area contributed by atoms with Crippen LogP contribution in [0.15, 0.2) is 0 Å². The topological polar surface area (TPSA) is 65.7 Å². The fourth-order valence-electron chi connectivity index (χ4n) is 3.19.